The van der Waals surface area contributed by atoms with Crippen molar-refractivity contribution in [2.45, 2.75) is 12.6 Å². The van der Waals surface area contributed by atoms with Gasteiger partial charge in [0.15, 0.2) is 0 Å². The molecule has 0 aliphatic heterocycles. The Morgan fingerprint density at radius 2 is 1.21 bits per heavy atom. The van der Waals surface area contributed by atoms with Crippen LogP contribution in [0.5, 0.6) is 0 Å². The zero-order chi connectivity index (χ0) is 17.7. The van der Waals surface area contributed by atoms with Crippen molar-refractivity contribution in [3.05, 3.63) is 59.9 Å². The van der Waals surface area contributed by atoms with Gasteiger partial charge in [-0.05, 0) is 48.5 Å². The SMILES string of the molecule is O=C(CC(=O)Nc1ccc(C(F)(F)F)cc1)Nc1ccc(F)cc1. The topological polar surface area (TPSA) is 58.2 Å². The summed E-state index contributed by atoms with van der Waals surface area (Å²) in [7, 11) is 0. The van der Waals surface area contributed by atoms with Gasteiger partial charge in [0.1, 0.15) is 12.2 Å². The first kappa shape index (κ1) is 17.5. The highest BCUT2D eigenvalue weighted by molar-refractivity contribution is 6.08. The van der Waals surface area contributed by atoms with E-state index in [1.54, 1.807) is 0 Å². The predicted molar refractivity (Wildman–Crippen MR) is 79.7 cm³/mol. The summed E-state index contributed by atoms with van der Waals surface area (Å²) in [5.41, 5.74) is -0.374. The van der Waals surface area contributed by atoms with Crippen LogP contribution in [0.4, 0.5) is 28.9 Å². The van der Waals surface area contributed by atoms with Crippen LogP contribution in [-0.4, -0.2) is 11.8 Å². The van der Waals surface area contributed by atoms with Gasteiger partial charge in [-0.25, -0.2) is 4.39 Å². The molecule has 2 aromatic rings. The second-order valence-electron chi connectivity index (χ2n) is 4.86. The number of hydrogen-bond acceptors (Lipinski definition) is 2. The third-order valence-electron chi connectivity index (χ3n) is 2.95. The number of amides is 2. The van der Waals surface area contributed by atoms with Crippen LogP contribution >= 0.6 is 0 Å². The van der Waals surface area contributed by atoms with E-state index in [0.717, 1.165) is 36.4 Å². The van der Waals surface area contributed by atoms with Gasteiger partial charge in [0, 0.05) is 11.4 Å². The molecule has 0 spiro atoms. The molecule has 0 aromatic heterocycles. The zero-order valence-corrected chi connectivity index (χ0v) is 12.2. The first-order valence-corrected chi connectivity index (χ1v) is 6.76. The number of halogens is 4. The zero-order valence-electron chi connectivity index (χ0n) is 12.2. The summed E-state index contributed by atoms with van der Waals surface area (Å²) in [5.74, 6) is -1.78. The molecular formula is C16H12F4N2O2. The van der Waals surface area contributed by atoms with E-state index in [0.29, 0.717) is 5.69 Å². The molecule has 126 valence electrons. The number of nitrogens with one attached hydrogen (secondary N) is 2. The van der Waals surface area contributed by atoms with E-state index in [9.17, 15) is 27.2 Å². The third kappa shape index (κ3) is 5.08. The van der Waals surface area contributed by atoms with Gasteiger partial charge < -0.3 is 10.6 Å². The lowest BCUT2D eigenvalue weighted by Gasteiger charge is -2.09. The second kappa shape index (κ2) is 7.12. The number of alkyl halides is 3. The molecule has 0 aliphatic carbocycles. The van der Waals surface area contributed by atoms with E-state index in [1.165, 1.54) is 12.1 Å². The fourth-order valence-electron chi connectivity index (χ4n) is 1.83. The molecule has 2 amide bonds. The highest BCUT2D eigenvalue weighted by Crippen LogP contribution is 2.29. The molecule has 0 radical (unpaired) electrons. The Morgan fingerprint density at radius 1 is 0.792 bits per heavy atom. The number of benzene rings is 2. The van der Waals surface area contributed by atoms with E-state index in [1.807, 2.05) is 0 Å². The molecule has 24 heavy (non-hydrogen) atoms. The molecular weight excluding hydrogens is 328 g/mol. The molecule has 2 N–H and O–H groups in total. The lowest BCUT2D eigenvalue weighted by atomic mass is 10.2. The van der Waals surface area contributed by atoms with Crippen LogP contribution in [0.15, 0.2) is 48.5 Å². The van der Waals surface area contributed by atoms with Crippen LogP contribution in [0.25, 0.3) is 0 Å². The van der Waals surface area contributed by atoms with Crippen LogP contribution < -0.4 is 10.6 Å². The molecule has 0 saturated carbocycles. The van der Waals surface area contributed by atoms with Crippen molar-refractivity contribution in [3.8, 4) is 0 Å². The minimum atomic E-state index is -4.46. The number of carbonyl (C=O) groups excluding carboxylic acids is 2. The number of anilines is 2. The molecule has 0 bridgehead atoms. The minimum absolute atomic E-state index is 0.141. The Labute approximate surface area is 134 Å². The first-order chi connectivity index (χ1) is 11.2. The first-order valence-electron chi connectivity index (χ1n) is 6.76. The van der Waals surface area contributed by atoms with Crippen LogP contribution in [0.3, 0.4) is 0 Å². The third-order valence-corrected chi connectivity index (χ3v) is 2.95. The van der Waals surface area contributed by atoms with Gasteiger partial charge in [0.05, 0.1) is 5.56 Å². The van der Waals surface area contributed by atoms with Crippen LogP contribution in [0.2, 0.25) is 0 Å². The van der Waals surface area contributed by atoms with Crippen molar-refractivity contribution in [2.24, 2.45) is 0 Å². The van der Waals surface area contributed by atoms with Gasteiger partial charge in [-0.15, -0.1) is 0 Å². The average Bonchev–Trinajstić information content (AvgIpc) is 2.49. The van der Waals surface area contributed by atoms with Crippen molar-refractivity contribution in [1.82, 2.24) is 0 Å². The summed E-state index contributed by atoms with van der Waals surface area (Å²) in [5, 5.41) is 4.72. The molecule has 0 aliphatic rings. The van der Waals surface area contributed by atoms with Gasteiger partial charge in [-0.2, -0.15) is 13.2 Å². The molecule has 2 rings (SSSR count). The monoisotopic (exact) mass is 340 g/mol. The van der Waals surface area contributed by atoms with Gasteiger partial charge in [0.25, 0.3) is 0 Å². The number of hydrogen-bond donors (Lipinski definition) is 2. The molecule has 8 heteroatoms. The Balaban J connectivity index is 1.88. The summed E-state index contributed by atoms with van der Waals surface area (Å²) in [6, 6.07) is 8.82. The van der Waals surface area contributed by atoms with Crippen LogP contribution in [0.1, 0.15) is 12.0 Å². The Hall–Kier alpha value is -2.90. The molecule has 0 fully saturated rings. The minimum Gasteiger partial charge on any atom is -0.326 e. The Kier molecular flexibility index (Phi) is 5.18. The summed E-state index contributed by atoms with van der Waals surface area (Å²) in [6.07, 6.45) is -4.99. The lowest BCUT2D eigenvalue weighted by molar-refractivity contribution is -0.137. The van der Waals surface area contributed by atoms with Crippen LogP contribution in [-0.2, 0) is 15.8 Å². The lowest BCUT2D eigenvalue weighted by Crippen LogP contribution is -2.21. The van der Waals surface area contributed by atoms with Crippen molar-refractivity contribution >= 4 is 23.2 Å². The summed E-state index contributed by atoms with van der Waals surface area (Å²) in [4.78, 5) is 23.4. The van der Waals surface area contributed by atoms with Crippen molar-refractivity contribution < 1.29 is 27.2 Å². The normalized spacial score (nSPS) is 11.0. The fourth-order valence-corrected chi connectivity index (χ4v) is 1.83. The summed E-state index contributed by atoms with van der Waals surface area (Å²) >= 11 is 0. The highest BCUT2D eigenvalue weighted by Gasteiger charge is 2.30. The maximum Gasteiger partial charge on any atom is 0.416 e. The second-order valence-corrected chi connectivity index (χ2v) is 4.86. The fraction of sp³-hybridized carbons (Fsp3) is 0.125. The van der Waals surface area contributed by atoms with E-state index in [2.05, 4.69) is 10.6 Å². The van der Waals surface area contributed by atoms with E-state index < -0.39 is 35.8 Å². The van der Waals surface area contributed by atoms with Gasteiger partial charge in [-0.1, -0.05) is 0 Å². The number of rotatable bonds is 4. The molecule has 0 heterocycles. The van der Waals surface area contributed by atoms with Crippen LogP contribution in [0, 0.1) is 5.82 Å². The van der Waals surface area contributed by atoms with Crippen molar-refractivity contribution in [2.75, 3.05) is 10.6 Å². The molecule has 0 atom stereocenters. The van der Waals surface area contributed by atoms with Gasteiger partial charge >= 0.3 is 6.18 Å². The Bertz CT molecular complexity index is 725. The van der Waals surface area contributed by atoms with Gasteiger partial charge in [0.2, 0.25) is 11.8 Å². The van der Waals surface area contributed by atoms with Gasteiger partial charge in [-0.3, -0.25) is 9.59 Å². The summed E-state index contributed by atoms with van der Waals surface area (Å²) in [6.45, 7) is 0. The Morgan fingerprint density at radius 3 is 1.62 bits per heavy atom. The standard InChI is InChI=1S/C16H12F4N2O2/c17-11-3-7-13(8-4-11)22-15(24)9-14(23)21-12-5-1-10(2-6-12)16(18,19)20/h1-8H,9H2,(H,21,23)(H,22,24). The van der Waals surface area contributed by atoms with Crippen molar-refractivity contribution in [1.29, 1.82) is 0 Å². The molecule has 2 aromatic carbocycles. The average molecular weight is 340 g/mol. The van der Waals surface area contributed by atoms with E-state index >= 15 is 0 Å². The van der Waals surface area contributed by atoms with Crippen molar-refractivity contribution in [3.63, 3.8) is 0 Å². The molecule has 0 unspecified atom stereocenters. The quantitative estimate of drug-likeness (QED) is 0.657. The largest absolute Gasteiger partial charge is 0.416 e. The predicted octanol–water partition coefficient (Wildman–Crippen LogP) is 3.81. The maximum absolute atomic E-state index is 12.7. The summed E-state index contributed by atoms with van der Waals surface area (Å²) < 4.78 is 50.0. The molecule has 0 saturated heterocycles. The van der Waals surface area contributed by atoms with E-state index in [-0.39, 0.29) is 5.69 Å². The van der Waals surface area contributed by atoms with E-state index in [4.69, 9.17) is 0 Å². The maximum atomic E-state index is 12.7. The number of carbonyl (C=O) groups is 2. The molecule has 4 nitrogen and oxygen atoms in total. The smallest absolute Gasteiger partial charge is 0.326 e. The highest BCUT2D eigenvalue weighted by atomic mass is 19.4.